The van der Waals surface area contributed by atoms with E-state index in [1.807, 2.05) is 59.5 Å². The van der Waals surface area contributed by atoms with Crippen molar-refractivity contribution in [1.29, 1.82) is 0 Å². The zero-order valence-electron chi connectivity index (χ0n) is 16.4. The van der Waals surface area contributed by atoms with Gasteiger partial charge in [-0.25, -0.2) is 4.79 Å². The smallest absolute Gasteiger partial charge is 0.339 e. The molecule has 1 amide bonds. The van der Waals surface area contributed by atoms with E-state index in [0.29, 0.717) is 42.8 Å². The second-order valence-corrected chi connectivity index (χ2v) is 7.66. The average Bonchev–Trinajstić information content (AvgIpc) is 3.07. The monoisotopic (exact) mass is 399 g/mol. The first-order chi connectivity index (χ1) is 14.6. The number of fused-ring (bicyclic) bond motifs is 2. The lowest BCUT2D eigenvalue weighted by molar-refractivity contribution is -0.0389. The van der Waals surface area contributed by atoms with E-state index in [4.69, 9.17) is 9.47 Å². The molecule has 0 unspecified atom stereocenters. The van der Waals surface area contributed by atoms with E-state index in [2.05, 4.69) is 0 Å². The summed E-state index contributed by atoms with van der Waals surface area (Å²) >= 11 is 0. The van der Waals surface area contributed by atoms with E-state index in [-0.39, 0.29) is 11.9 Å². The van der Waals surface area contributed by atoms with Crippen molar-refractivity contribution in [3.8, 4) is 11.5 Å². The highest BCUT2D eigenvalue weighted by atomic mass is 16.6. The summed E-state index contributed by atoms with van der Waals surface area (Å²) in [5.41, 5.74) is 1.61. The van der Waals surface area contributed by atoms with Gasteiger partial charge in [0.2, 0.25) is 0 Å². The van der Waals surface area contributed by atoms with Gasteiger partial charge in [0.25, 0.3) is 5.91 Å². The second kappa shape index (κ2) is 7.34. The molecular formula is C25H21NO4. The summed E-state index contributed by atoms with van der Waals surface area (Å²) in [5, 5.41) is 0. The molecule has 3 aromatic carbocycles. The van der Waals surface area contributed by atoms with E-state index >= 15 is 0 Å². The lowest BCUT2D eigenvalue weighted by Gasteiger charge is -2.38. The van der Waals surface area contributed by atoms with Crippen molar-refractivity contribution in [1.82, 2.24) is 4.90 Å². The Labute approximate surface area is 174 Å². The van der Waals surface area contributed by atoms with Crippen molar-refractivity contribution in [3.63, 3.8) is 0 Å². The van der Waals surface area contributed by atoms with E-state index in [9.17, 15) is 9.59 Å². The van der Waals surface area contributed by atoms with Crippen molar-refractivity contribution < 1.29 is 19.1 Å². The Morgan fingerprint density at radius 3 is 2.20 bits per heavy atom. The van der Waals surface area contributed by atoms with Gasteiger partial charge in [-0.15, -0.1) is 0 Å². The molecule has 2 heterocycles. The number of ether oxygens (including phenoxy) is 2. The van der Waals surface area contributed by atoms with Gasteiger partial charge in [-0.1, -0.05) is 36.4 Å². The topological polar surface area (TPSA) is 55.8 Å². The van der Waals surface area contributed by atoms with Crippen LogP contribution in [0.1, 0.15) is 39.1 Å². The third-order valence-electron chi connectivity index (χ3n) is 5.86. The molecule has 0 saturated carbocycles. The van der Waals surface area contributed by atoms with Gasteiger partial charge in [0.05, 0.1) is 5.56 Å². The fourth-order valence-corrected chi connectivity index (χ4v) is 4.26. The Morgan fingerprint density at radius 2 is 1.47 bits per heavy atom. The highest BCUT2D eigenvalue weighted by Gasteiger charge is 2.47. The number of amides is 1. The zero-order chi connectivity index (χ0) is 20.6. The fraction of sp³-hybridized carbons (Fsp3) is 0.200. The maximum Gasteiger partial charge on any atom is 0.339 e. The number of piperidine rings is 1. The van der Waals surface area contributed by atoms with Crippen LogP contribution in [0, 0.1) is 0 Å². The number of carbonyl (C=O) groups is 2. The average molecular weight is 399 g/mol. The standard InChI is InChI=1S/C25H21NO4/c27-23(18-10-12-20(13-11-18)29-19-6-2-1-3-7-19)26-16-14-25(15-17-26)22-9-5-4-8-21(22)24(28)30-25/h1-13H,14-17H2. The third-order valence-corrected chi connectivity index (χ3v) is 5.86. The van der Waals surface area contributed by atoms with Gasteiger partial charge in [-0.05, 0) is 42.5 Å². The highest BCUT2D eigenvalue weighted by molar-refractivity contribution is 5.96. The lowest BCUT2D eigenvalue weighted by atomic mass is 9.83. The highest BCUT2D eigenvalue weighted by Crippen LogP contribution is 2.44. The molecule has 2 aliphatic heterocycles. The lowest BCUT2D eigenvalue weighted by Crippen LogP contribution is -2.45. The fourth-order valence-electron chi connectivity index (χ4n) is 4.26. The Morgan fingerprint density at radius 1 is 0.833 bits per heavy atom. The predicted molar refractivity (Wildman–Crippen MR) is 112 cm³/mol. The van der Waals surface area contributed by atoms with E-state index < -0.39 is 5.60 Å². The van der Waals surface area contributed by atoms with Crippen LogP contribution in [0.15, 0.2) is 78.9 Å². The molecule has 2 aliphatic rings. The molecule has 0 aliphatic carbocycles. The van der Waals surface area contributed by atoms with Gasteiger partial charge in [0.15, 0.2) is 0 Å². The summed E-state index contributed by atoms with van der Waals surface area (Å²) < 4.78 is 11.6. The minimum atomic E-state index is -0.599. The Kier molecular flexibility index (Phi) is 4.51. The molecule has 0 N–H and O–H groups in total. The van der Waals surface area contributed by atoms with Crippen LogP contribution in [0.4, 0.5) is 0 Å². The number of para-hydroxylation sites is 1. The molecule has 1 spiro atoms. The molecule has 0 radical (unpaired) electrons. The Hall–Kier alpha value is -3.60. The van der Waals surface area contributed by atoms with Crippen molar-refractivity contribution >= 4 is 11.9 Å². The molecule has 5 heteroatoms. The zero-order valence-corrected chi connectivity index (χ0v) is 16.4. The van der Waals surface area contributed by atoms with Crippen LogP contribution >= 0.6 is 0 Å². The number of carbonyl (C=O) groups excluding carboxylic acids is 2. The molecular weight excluding hydrogens is 378 g/mol. The molecule has 1 saturated heterocycles. The third kappa shape index (κ3) is 3.22. The van der Waals surface area contributed by atoms with Crippen LogP contribution < -0.4 is 4.74 Å². The minimum absolute atomic E-state index is 0.0197. The number of hydrogen-bond donors (Lipinski definition) is 0. The normalized spacial score (nSPS) is 16.8. The first kappa shape index (κ1) is 18.4. The van der Waals surface area contributed by atoms with Crippen molar-refractivity contribution in [2.45, 2.75) is 18.4 Å². The summed E-state index contributed by atoms with van der Waals surface area (Å²) in [6.07, 6.45) is 1.22. The van der Waals surface area contributed by atoms with Gasteiger partial charge in [-0.2, -0.15) is 0 Å². The summed E-state index contributed by atoms with van der Waals surface area (Å²) in [6.45, 7) is 1.09. The van der Waals surface area contributed by atoms with Gasteiger partial charge in [0.1, 0.15) is 17.1 Å². The summed E-state index contributed by atoms with van der Waals surface area (Å²) in [4.78, 5) is 27.0. The number of benzene rings is 3. The van der Waals surface area contributed by atoms with Gasteiger partial charge in [0, 0.05) is 37.1 Å². The Balaban J connectivity index is 1.26. The molecule has 5 rings (SSSR count). The SMILES string of the molecule is O=C1OC2(CCN(C(=O)c3ccc(Oc4ccccc4)cc3)CC2)c2ccccc21. The van der Waals surface area contributed by atoms with Gasteiger partial charge >= 0.3 is 5.97 Å². The molecule has 1 fully saturated rings. The summed E-state index contributed by atoms with van der Waals surface area (Å²) in [7, 11) is 0. The predicted octanol–water partition coefficient (Wildman–Crippen LogP) is 4.78. The van der Waals surface area contributed by atoms with Crippen LogP contribution in [-0.4, -0.2) is 29.9 Å². The van der Waals surface area contributed by atoms with Crippen LogP contribution in [-0.2, 0) is 10.3 Å². The molecule has 30 heavy (non-hydrogen) atoms. The molecule has 3 aromatic rings. The van der Waals surface area contributed by atoms with Crippen molar-refractivity contribution in [2.24, 2.45) is 0 Å². The number of likely N-dealkylation sites (tertiary alicyclic amines) is 1. The molecule has 0 atom stereocenters. The Bertz CT molecular complexity index is 1080. The van der Waals surface area contributed by atoms with Crippen LogP contribution in [0.3, 0.4) is 0 Å². The summed E-state index contributed by atoms with van der Waals surface area (Å²) in [6, 6.07) is 24.3. The van der Waals surface area contributed by atoms with Crippen LogP contribution in [0.25, 0.3) is 0 Å². The molecule has 5 nitrogen and oxygen atoms in total. The number of nitrogens with zero attached hydrogens (tertiary/aromatic N) is 1. The molecule has 0 aromatic heterocycles. The maximum absolute atomic E-state index is 13.0. The first-order valence-electron chi connectivity index (χ1n) is 10.1. The largest absolute Gasteiger partial charge is 0.457 e. The maximum atomic E-state index is 13.0. The minimum Gasteiger partial charge on any atom is -0.457 e. The number of esters is 1. The van der Waals surface area contributed by atoms with Gasteiger partial charge in [-0.3, -0.25) is 4.79 Å². The number of rotatable bonds is 3. The van der Waals surface area contributed by atoms with Crippen LogP contribution in [0.5, 0.6) is 11.5 Å². The van der Waals surface area contributed by atoms with Crippen LogP contribution in [0.2, 0.25) is 0 Å². The van der Waals surface area contributed by atoms with E-state index in [0.717, 1.165) is 11.3 Å². The molecule has 150 valence electrons. The molecule has 0 bridgehead atoms. The number of hydrogen-bond acceptors (Lipinski definition) is 4. The second-order valence-electron chi connectivity index (χ2n) is 7.66. The quantitative estimate of drug-likeness (QED) is 0.595. The van der Waals surface area contributed by atoms with E-state index in [1.54, 1.807) is 24.3 Å². The van der Waals surface area contributed by atoms with E-state index in [1.165, 1.54) is 0 Å². The summed E-state index contributed by atoms with van der Waals surface area (Å²) in [5.74, 6) is 1.15. The van der Waals surface area contributed by atoms with Crippen molar-refractivity contribution in [2.75, 3.05) is 13.1 Å². The van der Waals surface area contributed by atoms with Crippen molar-refractivity contribution in [3.05, 3.63) is 95.6 Å². The first-order valence-corrected chi connectivity index (χ1v) is 10.1. The van der Waals surface area contributed by atoms with Gasteiger partial charge < -0.3 is 14.4 Å².